The van der Waals surface area contributed by atoms with Crippen LogP contribution in [0.4, 0.5) is 9.18 Å². The molecule has 6 nitrogen and oxygen atoms in total. The summed E-state index contributed by atoms with van der Waals surface area (Å²) in [6, 6.07) is 6.57. The predicted molar refractivity (Wildman–Crippen MR) is 103 cm³/mol. The highest BCUT2D eigenvalue weighted by Crippen LogP contribution is 2.27. The summed E-state index contributed by atoms with van der Waals surface area (Å²) < 4.78 is 21.4. The summed E-state index contributed by atoms with van der Waals surface area (Å²) in [5.74, 6) is -0.422. The topological polar surface area (TPSA) is 79.9 Å². The van der Waals surface area contributed by atoms with Crippen LogP contribution >= 0.6 is 11.6 Å². The lowest BCUT2D eigenvalue weighted by Gasteiger charge is -2.33. The zero-order valence-corrected chi connectivity index (χ0v) is 16.7. The SMILES string of the molecule is Bc1ccc(F)c(C(C)(Cn2cc(Cl)nc2C#N)NC(=O)OC(C)(C)C)c1. The molecule has 1 atom stereocenters. The molecule has 1 heterocycles. The minimum absolute atomic E-state index is 0.0369. The van der Waals surface area contributed by atoms with Gasteiger partial charge in [0.1, 0.15) is 30.5 Å². The van der Waals surface area contributed by atoms with Gasteiger partial charge in [-0.15, -0.1) is 0 Å². The van der Waals surface area contributed by atoms with E-state index in [9.17, 15) is 14.4 Å². The van der Waals surface area contributed by atoms with Crippen molar-refractivity contribution in [2.24, 2.45) is 0 Å². The van der Waals surface area contributed by atoms with Gasteiger partial charge in [0.25, 0.3) is 0 Å². The second-order valence-electron chi connectivity index (χ2n) is 7.57. The van der Waals surface area contributed by atoms with Crippen LogP contribution in [0.5, 0.6) is 0 Å². The zero-order chi connectivity index (χ0) is 20.4. The van der Waals surface area contributed by atoms with Gasteiger partial charge in [-0.1, -0.05) is 29.2 Å². The van der Waals surface area contributed by atoms with Gasteiger partial charge in [0.15, 0.2) is 0 Å². The number of nitriles is 1. The average Bonchev–Trinajstić information content (AvgIpc) is 2.86. The summed E-state index contributed by atoms with van der Waals surface area (Å²) in [5, 5.41) is 12.1. The van der Waals surface area contributed by atoms with E-state index in [1.165, 1.54) is 16.8 Å². The van der Waals surface area contributed by atoms with E-state index in [4.69, 9.17) is 16.3 Å². The molecule has 0 aliphatic carbocycles. The van der Waals surface area contributed by atoms with Gasteiger partial charge in [-0.3, -0.25) is 0 Å². The molecular formula is C18H21BClFN4O2. The fourth-order valence-electron chi connectivity index (χ4n) is 2.72. The van der Waals surface area contributed by atoms with Crippen LogP contribution in [0, 0.1) is 17.1 Å². The van der Waals surface area contributed by atoms with Gasteiger partial charge < -0.3 is 14.6 Å². The molecule has 0 spiro atoms. The summed E-state index contributed by atoms with van der Waals surface area (Å²) in [6.45, 7) is 6.90. The van der Waals surface area contributed by atoms with Crippen molar-refractivity contribution in [3.05, 3.63) is 46.8 Å². The fourth-order valence-corrected chi connectivity index (χ4v) is 2.92. The number of hydrogen-bond acceptors (Lipinski definition) is 4. The standard InChI is InChI=1S/C18H21BClFN4O2/c1-17(2,3)27-16(26)24-18(4,12-7-11(19)5-6-13(12)21)10-25-9-14(20)23-15(25)8-22/h5-7,9H,10,19H2,1-4H3,(H,24,26). The Morgan fingerprint density at radius 3 is 2.70 bits per heavy atom. The van der Waals surface area contributed by atoms with E-state index in [-0.39, 0.29) is 23.1 Å². The van der Waals surface area contributed by atoms with Gasteiger partial charge in [0.2, 0.25) is 5.82 Å². The van der Waals surface area contributed by atoms with Crippen molar-refractivity contribution in [1.29, 1.82) is 5.26 Å². The van der Waals surface area contributed by atoms with Crippen molar-refractivity contribution in [2.45, 2.75) is 45.4 Å². The minimum Gasteiger partial charge on any atom is -0.444 e. The van der Waals surface area contributed by atoms with Crippen LogP contribution in [0.2, 0.25) is 5.15 Å². The summed E-state index contributed by atoms with van der Waals surface area (Å²) >= 11 is 5.90. The third kappa shape index (κ3) is 5.24. The molecule has 142 valence electrons. The Labute approximate surface area is 163 Å². The highest BCUT2D eigenvalue weighted by molar-refractivity contribution is 6.32. The lowest BCUT2D eigenvalue weighted by atomic mass is 9.85. The van der Waals surface area contributed by atoms with Crippen LogP contribution in [0.15, 0.2) is 24.4 Å². The van der Waals surface area contributed by atoms with E-state index in [0.717, 1.165) is 5.46 Å². The maximum atomic E-state index is 14.6. The molecule has 0 fully saturated rings. The molecule has 9 heteroatoms. The van der Waals surface area contributed by atoms with Gasteiger partial charge in [0.05, 0.1) is 12.1 Å². The molecule has 2 aromatic rings. The Morgan fingerprint density at radius 2 is 2.11 bits per heavy atom. The number of halogens is 2. The monoisotopic (exact) mass is 390 g/mol. The van der Waals surface area contributed by atoms with Gasteiger partial charge in [-0.05, 0) is 33.8 Å². The first kappa shape index (κ1) is 20.8. The van der Waals surface area contributed by atoms with Crippen molar-refractivity contribution in [1.82, 2.24) is 14.9 Å². The van der Waals surface area contributed by atoms with Crippen LogP contribution in [0.1, 0.15) is 39.1 Å². The van der Waals surface area contributed by atoms with E-state index in [1.54, 1.807) is 39.8 Å². The molecule has 27 heavy (non-hydrogen) atoms. The van der Waals surface area contributed by atoms with E-state index in [2.05, 4.69) is 10.3 Å². The number of ether oxygens (including phenoxy) is 1. The van der Waals surface area contributed by atoms with E-state index < -0.39 is 23.1 Å². The number of aromatic nitrogens is 2. The zero-order valence-electron chi connectivity index (χ0n) is 15.9. The highest BCUT2D eigenvalue weighted by atomic mass is 35.5. The number of nitrogens with one attached hydrogen (secondary N) is 1. The Bertz CT molecular complexity index is 904. The molecule has 0 radical (unpaired) electrons. The quantitative estimate of drug-likeness (QED) is 0.812. The summed E-state index contributed by atoms with van der Waals surface area (Å²) in [4.78, 5) is 16.3. The summed E-state index contributed by atoms with van der Waals surface area (Å²) in [6.07, 6.45) is 0.763. The highest BCUT2D eigenvalue weighted by Gasteiger charge is 2.34. The molecule has 0 saturated carbocycles. The van der Waals surface area contributed by atoms with Gasteiger partial charge in [0, 0.05) is 11.8 Å². The van der Waals surface area contributed by atoms with E-state index in [0.29, 0.717) is 0 Å². The molecule has 1 amide bonds. The number of alkyl carbamates (subject to hydrolysis) is 1. The van der Waals surface area contributed by atoms with Crippen LogP contribution in [0.25, 0.3) is 0 Å². The largest absolute Gasteiger partial charge is 0.444 e. The summed E-state index contributed by atoms with van der Waals surface area (Å²) in [7, 11) is 1.83. The third-order valence-electron chi connectivity index (χ3n) is 3.83. The molecule has 1 unspecified atom stereocenters. The Hall–Kier alpha value is -2.53. The number of carbonyl (C=O) groups excluding carboxylic acids is 1. The molecule has 0 saturated heterocycles. The maximum Gasteiger partial charge on any atom is 0.408 e. The lowest BCUT2D eigenvalue weighted by molar-refractivity contribution is 0.0448. The van der Waals surface area contributed by atoms with Crippen molar-refractivity contribution in [3.8, 4) is 6.07 Å². The van der Waals surface area contributed by atoms with Gasteiger partial charge in [-0.25, -0.2) is 14.2 Å². The number of benzene rings is 1. The first-order chi connectivity index (χ1) is 12.4. The second kappa shape index (κ2) is 7.61. The van der Waals surface area contributed by atoms with Crippen LogP contribution < -0.4 is 10.8 Å². The van der Waals surface area contributed by atoms with E-state index >= 15 is 0 Å². The molecule has 1 aromatic heterocycles. The number of carbonyl (C=O) groups is 1. The molecule has 0 aliphatic heterocycles. The second-order valence-corrected chi connectivity index (χ2v) is 7.96. The molecule has 2 rings (SSSR count). The van der Waals surface area contributed by atoms with Crippen LogP contribution in [0.3, 0.4) is 0 Å². The molecule has 0 bridgehead atoms. The van der Waals surface area contributed by atoms with Crippen molar-refractivity contribution in [2.75, 3.05) is 0 Å². The van der Waals surface area contributed by atoms with Gasteiger partial charge >= 0.3 is 6.09 Å². The Kier molecular flexibility index (Phi) is 5.86. The smallest absolute Gasteiger partial charge is 0.408 e. The number of rotatable bonds is 4. The van der Waals surface area contributed by atoms with Crippen LogP contribution in [-0.4, -0.2) is 29.1 Å². The fraction of sp³-hybridized carbons (Fsp3) is 0.389. The van der Waals surface area contributed by atoms with Crippen molar-refractivity contribution < 1.29 is 13.9 Å². The lowest BCUT2D eigenvalue weighted by Crippen LogP contribution is -2.49. The molecule has 1 aromatic carbocycles. The number of nitrogens with zero attached hydrogens (tertiary/aromatic N) is 3. The van der Waals surface area contributed by atoms with Crippen LogP contribution in [-0.2, 0) is 16.8 Å². The number of hydrogen-bond donors (Lipinski definition) is 1. The van der Waals surface area contributed by atoms with Gasteiger partial charge in [-0.2, -0.15) is 5.26 Å². The molecule has 0 aliphatic rings. The van der Waals surface area contributed by atoms with Crippen molar-refractivity contribution >= 4 is 31.0 Å². The average molecular weight is 391 g/mol. The number of amides is 1. The minimum atomic E-state index is -1.21. The molecular weight excluding hydrogens is 369 g/mol. The normalized spacial score (nSPS) is 13.5. The first-order valence-electron chi connectivity index (χ1n) is 8.34. The summed E-state index contributed by atoms with van der Waals surface area (Å²) in [5.41, 5.74) is -0.838. The number of imidazole rings is 1. The Morgan fingerprint density at radius 1 is 1.44 bits per heavy atom. The predicted octanol–water partition coefficient (Wildman–Crippen LogP) is 2.25. The molecule has 1 N–H and O–H groups in total. The van der Waals surface area contributed by atoms with E-state index in [1.807, 2.05) is 13.9 Å². The maximum absolute atomic E-state index is 14.6. The third-order valence-corrected chi connectivity index (χ3v) is 4.01. The van der Waals surface area contributed by atoms with Crippen molar-refractivity contribution in [3.63, 3.8) is 0 Å². The first-order valence-corrected chi connectivity index (χ1v) is 8.72. The Balaban J connectivity index is 2.49.